The number of halogens is 1. The standard InChI is InChI=1S/C21H23ClN4O3S/c1-21(2,3)24-19(27)12-13-26(23-14-15-8-4-6-10-17(15)22)20-16-9-5-7-11-18(16)30(28,29)25-20/h4-11,14H,12-13H2,1-3H3,(H,24,27)/b23-14-. The van der Waals surface area contributed by atoms with E-state index in [1.807, 2.05) is 26.8 Å². The minimum Gasteiger partial charge on any atom is -0.351 e. The molecule has 0 aliphatic carbocycles. The van der Waals surface area contributed by atoms with Crippen LogP contribution in [0.2, 0.25) is 5.02 Å². The Hall–Kier alpha value is -2.71. The van der Waals surface area contributed by atoms with Crippen LogP contribution in [0.15, 0.2) is 62.9 Å². The number of fused-ring (bicyclic) bond motifs is 1. The van der Waals surface area contributed by atoms with Gasteiger partial charge in [-0.3, -0.25) is 4.79 Å². The summed E-state index contributed by atoms with van der Waals surface area (Å²) in [5, 5.41) is 9.24. The van der Waals surface area contributed by atoms with Crippen LogP contribution in [0.25, 0.3) is 0 Å². The SMILES string of the molecule is CC(C)(C)NC(=O)CCN(/N=C\c1ccccc1Cl)C1=NS(=O)(=O)c2ccccc21. The van der Waals surface area contributed by atoms with Crippen molar-refractivity contribution in [3.63, 3.8) is 0 Å². The third kappa shape index (κ3) is 5.25. The molecule has 30 heavy (non-hydrogen) atoms. The topological polar surface area (TPSA) is 91.2 Å². The molecule has 2 aromatic carbocycles. The lowest BCUT2D eigenvalue weighted by molar-refractivity contribution is -0.122. The quantitative estimate of drug-likeness (QED) is 0.562. The van der Waals surface area contributed by atoms with E-state index in [2.05, 4.69) is 14.8 Å². The number of hydrazone groups is 1. The highest BCUT2D eigenvalue weighted by Crippen LogP contribution is 2.27. The van der Waals surface area contributed by atoms with Gasteiger partial charge >= 0.3 is 0 Å². The highest BCUT2D eigenvalue weighted by molar-refractivity contribution is 7.90. The molecule has 0 atom stereocenters. The molecule has 1 heterocycles. The molecule has 3 rings (SSSR count). The van der Waals surface area contributed by atoms with Crippen molar-refractivity contribution < 1.29 is 13.2 Å². The summed E-state index contributed by atoms with van der Waals surface area (Å²) in [7, 11) is -3.81. The van der Waals surface area contributed by atoms with Gasteiger partial charge in [-0.2, -0.15) is 13.5 Å². The zero-order valence-electron chi connectivity index (χ0n) is 17.0. The van der Waals surface area contributed by atoms with Crippen LogP contribution in [-0.4, -0.2) is 43.5 Å². The smallest absolute Gasteiger partial charge is 0.285 e. The van der Waals surface area contributed by atoms with Crippen LogP contribution in [0.1, 0.15) is 38.3 Å². The lowest BCUT2D eigenvalue weighted by Crippen LogP contribution is -2.42. The van der Waals surface area contributed by atoms with Crippen molar-refractivity contribution in [2.75, 3.05) is 6.54 Å². The number of nitrogens with one attached hydrogen (secondary N) is 1. The number of benzene rings is 2. The third-order valence-corrected chi connectivity index (χ3v) is 5.83. The van der Waals surface area contributed by atoms with Gasteiger partial charge in [0.2, 0.25) is 5.91 Å². The van der Waals surface area contributed by atoms with Crippen molar-refractivity contribution in [1.29, 1.82) is 0 Å². The molecule has 1 aliphatic rings. The van der Waals surface area contributed by atoms with Crippen molar-refractivity contribution in [3.8, 4) is 0 Å². The average molecular weight is 447 g/mol. The summed E-state index contributed by atoms with van der Waals surface area (Å²) in [5.41, 5.74) is 0.743. The second kappa shape index (κ2) is 8.57. The normalized spacial score (nSPS) is 15.0. The fraction of sp³-hybridized carbons (Fsp3) is 0.286. The zero-order valence-corrected chi connectivity index (χ0v) is 18.5. The summed E-state index contributed by atoms with van der Waals surface area (Å²) in [6, 6.07) is 13.7. The van der Waals surface area contributed by atoms with Crippen LogP contribution in [0.3, 0.4) is 0 Å². The van der Waals surface area contributed by atoms with Crippen molar-refractivity contribution in [2.45, 2.75) is 37.6 Å². The summed E-state index contributed by atoms with van der Waals surface area (Å²) in [4.78, 5) is 12.4. The monoisotopic (exact) mass is 446 g/mol. The molecular weight excluding hydrogens is 424 g/mol. The van der Waals surface area contributed by atoms with E-state index in [-0.39, 0.29) is 35.1 Å². The van der Waals surface area contributed by atoms with Crippen molar-refractivity contribution in [1.82, 2.24) is 10.3 Å². The predicted molar refractivity (Wildman–Crippen MR) is 118 cm³/mol. The molecule has 7 nitrogen and oxygen atoms in total. The van der Waals surface area contributed by atoms with E-state index in [9.17, 15) is 13.2 Å². The molecule has 1 aliphatic heterocycles. The Labute approximate surface area is 181 Å². The van der Waals surface area contributed by atoms with Crippen LogP contribution in [-0.2, 0) is 14.8 Å². The van der Waals surface area contributed by atoms with Crippen molar-refractivity contribution >= 4 is 39.6 Å². The van der Waals surface area contributed by atoms with Gasteiger partial charge in [0.15, 0.2) is 5.84 Å². The van der Waals surface area contributed by atoms with Gasteiger partial charge in [-0.1, -0.05) is 41.9 Å². The molecule has 158 valence electrons. The molecule has 1 N–H and O–H groups in total. The van der Waals surface area contributed by atoms with E-state index >= 15 is 0 Å². The van der Waals surface area contributed by atoms with Gasteiger partial charge in [0.05, 0.1) is 12.8 Å². The van der Waals surface area contributed by atoms with Crippen LogP contribution < -0.4 is 5.32 Å². The zero-order chi connectivity index (χ0) is 21.9. The van der Waals surface area contributed by atoms with Gasteiger partial charge in [-0.15, -0.1) is 4.40 Å². The maximum absolute atomic E-state index is 12.5. The second-order valence-electron chi connectivity index (χ2n) is 7.82. The number of rotatable bonds is 5. The Morgan fingerprint density at radius 2 is 1.83 bits per heavy atom. The third-order valence-electron chi connectivity index (χ3n) is 4.16. The van der Waals surface area contributed by atoms with E-state index in [0.29, 0.717) is 16.1 Å². The summed E-state index contributed by atoms with van der Waals surface area (Å²) >= 11 is 6.19. The predicted octanol–water partition coefficient (Wildman–Crippen LogP) is 3.43. The van der Waals surface area contributed by atoms with E-state index in [4.69, 9.17) is 11.6 Å². The highest BCUT2D eigenvalue weighted by Gasteiger charge is 2.32. The van der Waals surface area contributed by atoms with Gasteiger partial charge in [0, 0.05) is 28.1 Å². The Balaban J connectivity index is 1.92. The van der Waals surface area contributed by atoms with Gasteiger partial charge in [0.1, 0.15) is 4.90 Å². The van der Waals surface area contributed by atoms with Crippen LogP contribution in [0.4, 0.5) is 0 Å². The minimum absolute atomic E-state index is 0.109. The van der Waals surface area contributed by atoms with Crippen LogP contribution in [0.5, 0.6) is 0 Å². The number of carbonyl (C=O) groups is 1. The number of hydrogen-bond donors (Lipinski definition) is 1. The largest absolute Gasteiger partial charge is 0.351 e. The maximum Gasteiger partial charge on any atom is 0.285 e. The summed E-state index contributed by atoms with van der Waals surface area (Å²) < 4.78 is 28.8. The highest BCUT2D eigenvalue weighted by atomic mass is 35.5. The summed E-state index contributed by atoms with van der Waals surface area (Å²) in [6.07, 6.45) is 1.64. The van der Waals surface area contributed by atoms with Crippen molar-refractivity contribution in [3.05, 3.63) is 64.7 Å². The number of sulfonamides is 1. The number of hydrogen-bond acceptors (Lipinski definition) is 5. The van der Waals surface area contributed by atoms with Gasteiger partial charge < -0.3 is 5.32 Å². The summed E-state index contributed by atoms with van der Waals surface area (Å²) in [6.45, 7) is 5.82. The summed E-state index contributed by atoms with van der Waals surface area (Å²) in [5.74, 6) is 0.00708. The Morgan fingerprint density at radius 1 is 1.17 bits per heavy atom. The van der Waals surface area contributed by atoms with E-state index < -0.39 is 10.0 Å². The van der Waals surface area contributed by atoms with Crippen LogP contribution in [0, 0.1) is 0 Å². The maximum atomic E-state index is 12.5. The molecule has 1 amide bonds. The average Bonchev–Trinajstić information content (AvgIpc) is 2.93. The minimum atomic E-state index is -3.81. The Bertz CT molecular complexity index is 1120. The number of amidine groups is 1. The number of carbonyl (C=O) groups excluding carboxylic acids is 1. The fourth-order valence-corrected chi connectivity index (χ4v) is 4.28. The first-order valence-electron chi connectivity index (χ1n) is 9.38. The van der Waals surface area contributed by atoms with Crippen LogP contribution >= 0.6 is 11.6 Å². The first-order valence-corrected chi connectivity index (χ1v) is 11.2. The molecule has 0 unspecified atom stereocenters. The second-order valence-corrected chi connectivity index (χ2v) is 9.80. The molecule has 0 saturated carbocycles. The van der Waals surface area contributed by atoms with Gasteiger partial charge in [-0.25, -0.2) is 5.01 Å². The fourth-order valence-electron chi connectivity index (χ4n) is 2.89. The molecule has 0 saturated heterocycles. The number of amides is 1. The first-order chi connectivity index (χ1) is 14.1. The van der Waals surface area contributed by atoms with E-state index in [0.717, 1.165) is 0 Å². The van der Waals surface area contributed by atoms with Gasteiger partial charge in [-0.05, 0) is 39.0 Å². The molecule has 0 bridgehead atoms. The molecule has 9 heteroatoms. The molecule has 0 spiro atoms. The van der Waals surface area contributed by atoms with Gasteiger partial charge in [0.25, 0.3) is 10.0 Å². The van der Waals surface area contributed by atoms with Crippen molar-refractivity contribution in [2.24, 2.45) is 9.50 Å². The molecule has 0 radical (unpaired) electrons. The molecule has 0 fully saturated rings. The lowest BCUT2D eigenvalue weighted by Gasteiger charge is -2.22. The van der Waals surface area contributed by atoms with E-state index in [1.54, 1.807) is 36.4 Å². The Kier molecular flexibility index (Phi) is 6.28. The Morgan fingerprint density at radius 3 is 2.53 bits per heavy atom. The molecule has 2 aromatic rings. The molecular formula is C21H23ClN4O3S. The van der Waals surface area contributed by atoms with E-state index in [1.165, 1.54) is 17.3 Å². The molecule has 0 aromatic heterocycles. The number of nitrogens with zero attached hydrogens (tertiary/aromatic N) is 3. The first kappa shape index (κ1) is 22.0. The lowest BCUT2D eigenvalue weighted by atomic mass is 10.1.